The lowest BCUT2D eigenvalue weighted by Crippen LogP contribution is -2.49. The van der Waals surface area contributed by atoms with E-state index < -0.39 is 0 Å². The minimum Gasteiger partial charge on any atom is -0.380 e. The molecule has 1 aromatic rings. The summed E-state index contributed by atoms with van der Waals surface area (Å²) in [5.41, 5.74) is 3.02. The number of aryl methyl sites for hydroxylation is 2. The van der Waals surface area contributed by atoms with Crippen molar-refractivity contribution >= 4 is 5.91 Å². The zero-order valence-electron chi connectivity index (χ0n) is 12.2. The molecule has 1 amide bonds. The number of nitrogens with zero attached hydrogens (tertiary/aromatic N) is 1. The number of amides is 1. The summed E-state index contributed by atoms with van der Waals surface area (Å²) < 4.78 is 5.33. The number of ether oxygens (including phenoxy) is 1. The summed E-state index contributed by atoms with van der Waals surface area (Å²) in [5, 5.41) is 3.14. The zero-order chi connectivity index (χ0) is 14.2. The highest BCUT2D eigenvalue weighted by Crippen LogP contribution is 2.42. The molecule has 0 atom stereocenters. The van der Waals surface area contributed by atoms with E-state index in [-0.39, 0.29) is 11.9 Å². The van der Waals surface area contributed by atoms with Gasteiger partial charge in [-0.3, -0.25) is 9.78 Å². The van der Waals surface area contributed by atoms with Crippen molar-refractivity contribution in [3.8, 4) is 0 Å². The minimum absolute atomic E-state index is 0.0340. The van der Waals surface area contributed by atoms with Gasteiger partial charge in [0.15, 0.2) is 0 Å². The summed E-state index contributed by atoms with van der Waals surface area (Å²) >= 11 is 0. The first kappa shape index (κ1) is 13.6. The second-order valence-corrected chi connectivity index (χ2v) is 6.42. The summed E-state index contributed by atoms with van der Waals surface area (Å²) in [6.07, 6.45) is 6.19. The third-order valence-corrected chi connectivity index (χ3v) is 4.63. The van der Waals surface area contributed by atoms with E-state index in [9.17, 15) is 4.79 Å². The van der Waals surface area contributed by atoms with Crippen LogP contribution in [0, 0.1) is 19.3 Å². The molecule has 1 aromatic heterocycles. The van der Waals surface area contributed by atoms with E-state index in [0.29, 0.717) is 11.1 Å². The van der Waals surface area contributed by atoms with Crippen molar-refractivity contribution in [3.63, 3.8) is 0 Å². The highest BCUT2D eigenvalue weighted by Gasteiger charge is 2.41. The van der Waals surface area contributed by atoms with Crippen LogP contribution in [0.5, 0.6) is 0 Å². The Hall–Kier alpha value is -1.42. The van der Waals surface area contributed by atoms with Gasteiger partial charge in [0.1, 0.15) is 5.69 Å². The molecule has 1 saturated heterocycles. The number of hydrogen-bond acceptors (Lipinski definition) is 3. The standard InChI is InChI=1S/C16H22N2O2/c1-11-7-12(2)14(17-8-11)15(19)18-13-3-5-16(6-4-13)9-20-10-16/h7-8,13H,3-6,9-10H2,1-2H3,(H,18,19). The molecule has 0 aromatic carbocycles. The van der Waals surface area contributed by atoms with E-state index in [4.69, 9.17) is 4.74 Å². The van der Waals surface area contributed by atoms with Gasteiger partial charge in [-0.2, -0.15) is 0 Å². The maximum Gasteiger partial charge on any atom is 0.270 e. The summed E-state index contributed by atoms with van der Waals surface area (Å²) in [5.74, 6) is -0.0340. The van der Waals surface area contributed by atoms with Crippen LogP contribution in [0.3, 0.4) is 0 Å². The first-order valence-electron chi connectivity index (χ1n) is 7.40. The van der Waals surface area contributed by atoms with E-state index in [2.05, 4.69) is 10.3 Å². The average molecular weight is 274 g/mol. The number of aromatic nitrogens is 1. The monoisotopic (exact) mass is 274 g/mol. The predicted octanol–water partition coefficient (Wildman–Crippen LogP) is 2.39. The summed E-state index contributed by atoms with van der Waals surface area (Å²) in [6, 6.07) is 2.29. The van der Waals surface area contributed by atoms with Gasteiger partial charge in [0, 0.05) is 17.7 Å². The van der Waals surface area contributed by atoms with Crippen LogP contribution in [0.25, 0.3) is 0 Å². The van der Waals surface area contributed by atoms with E-state index >= 15 is 0 Å². The Kier molecular flexibility index (Phi) is 3.50. The van der Waals surface area contributed by atoms with Crippen molar-refractivity contribution in [2.75, 3.05) is 13.2 Å². The summed E-state index contributed by atoms with van der Waals surface area (Å²) in [7, 11) is 0. The molecule has 1 aliphatic heterocycles. The zero-order valence-corrected chi connectivity index (χ0v) is 12.2. The number of hydrogen-bond donors (Lipinski definition) is 1. The number of nitrogens with one attached hydrogen (secondary N) is 1. The van der Waals surface area contributed by atoms with Gasteiger partial charge in [-0.25, -0.2) is 0 Å². The lowest BCUT2D eigenvalue weighted by molar-refractivity contribution is -0.133. The molecule has 2 aliphatic rings. The molecule has 0 unspecified atom stereocenters. The molecule has 20 heavy (non-hydrogen) atoms. The van der Waals surface area contributed by atoms with Crippen LogP contribution in [-0.2, 0) is 4.74 Å². The normalized spacial score (nSPS) is 21.5. The van der Waals surface area contributed by atoms with E-state index in [0.717, 1.165) is 50.0 Å². The number of carbonyl (C=O) groups excluding carboxylic acids is 1. The second-order valence-electron chi connectivity index (χ2n) is 6.42. The maximum atomic E-state index is 12.3. The summed E-state index contributed by atoms with van der Waals surface area (Å²) in [6.45, 7) is 5.75. The van der Waals surface area contributed by atoms with Gasteiger partial charge in [-0.15, -0.1) is 0 Å². The fourth-order valence-corrected chi connectivity index (χ4v) is 3.26. The molecular weight excluding hydrogens is 252 g/mol. The molecule has 0 radical (unpaired) electrons. The molecule has 1 N–H and O–H groups in total. The molecule has 108 valence electrons. The van der Waals surface area contributed by atoms with Crippen LogP contribution >= 0.6 is 0 Å². The average Bonchev–Trinajstić information content (AvgIpc) is 2.37. The van der Waals surface area contributed by atoms with Gasteiger partial charge in [0.05, 0.1) is 13.2 Å². The van der Waals surface area contributed by atoms with E-state index in [1.807, 2.05) is 19.9 Å². The van der Waals surface area contributed by atoms with Crippen molar-refractivity contribution in [1.29, 1.82) is 0 Å². The molecule has 0 bridgehead atoms. The van der Waals surface area contributed by atoms with Gasteiger partial charge in [0.25, 0.3) is 5.91 Å². The van der Waals surface area contributed by atoms with Crippen LogP contribution < -0.4 is 5.32 Å². The third-order valence-electron chi connectivity index (χ3n) is 4.63. The van der Waals surface area contributed by atoms with Crippen molar-refractivity contribution in [3.05, 3.63) is 29.1 Å². The SMILES string of the molecule is Cc1cnc(C(=O)NC2CCC3(CC2)COC3)c(C)c1. The van der Waals surface area contributed by atoms with Gasteiger partial charge in [-0.1, -0.05) is 6.07 Å². The fourth-order valence-electron chi connectivity index (χ4n) is 3.26. The molecule has 1 saturated carbocycles. The minimum atomic E-state index is -0.0340. The van der Waals surface area contributed by atoms with Crippen molar-refractivity contribution in [2.45, 2.75) is 45.6 Å². The van der Waals surface area contributed by atoms with Gasteiger partial charge < -0.3 is 10.1 Å². The third kappa shape index (κ3) is 2.57. The number of carbonyl (C=O) groups is 1. The van der Waals surface area contributed by atoms with Crippen LogP contribution in [0.4, 0.5) is 0 Å². The second kappa shape index (κ2) is 5.17. The molecule has 4 nitrogen and oxygen atoms in total. The Morgan fingerprint density at radius 2 is 2.05 bits per heavy atom. The van der Waals surface area contributed by atoms with Gasteiger partial charge in [-0.05, 0) is 50.7 Å². The Labute approximate surface area is 119 Å². The Morgan fingerprint density at radius 3 is 2.60 bits per heavy atom. The Balaban J connectivity index is 1.59. The van der Waals surface area contributed by atoms with Crippen molar-refractivity contribution in [1.82, 2.24) is 10.3 Å². The highest BCUT2D eigenvalue weighted by atomic mass is 16.5. The van der Waals surface area contributed by atoms with Crippen molar-refractivity contribution < 1.29 is 9.53 Å². The molecule has 1 aliphatic carbocycles. The lowest BCUT2D eigenvalue weighted by atomic mass is 9.71. The Bertz CT molecular complexity index is 513. The van der Waals surface area contributed by atoms with Crippen LogP contribution in [0.2, 0.25) is 0 Å². The maximum absolute atomic E-state index is 12.3. The number of pyridine rings is 1. The molecule has 3 rings (SSSR count). The molecule has 1 spiro atoms. The number of rotatable bonds is 2. The van der Waals surface area contributed by atoms with Crippen molar-refractivity contribution in [2.24, 2.45) is 5.41 Å². The molecular formula is C16H22N2O2. The van der Waals surface area contributed by atoms with Gasteiger partial charge in [0.2, 0.25) is 0 Å². The molecule has 4 heteroatoms. The molecule has 2 heterocycles. The van der Waals surface area contributed by atoms with Gasteiger partial charge >= 0.3 is 0 Å². The van der Waals surface area contributed by atoms with Crippen LogP contribution in [-0.4, -0.2) is 30.1 Å². The smallest absolute Gasteiger partial charge is 0.270 e. The first-order chi connectivity index (χ1) is 9.58. The van der Waals surface area contributed by atoms with Crippen LogP contribution in [0.15, 0.2) is 12.3 Å². The van der Waals surface area contributed by atoms with E-state index in [1.54, 1.807) is 6.20 Å². The molecule has 2 fully saturated rings. The topological polar surface area (TPSA) is 51.2 Å². The van der Waals surface area contributed by atoms with Crippen LogP contribution in [0.1, 0.15) is 47.3 Å². The quantitative estimate of drug-likeness (QED) is 0.901. The highest BCUT2D eigenvalue weighted by molar-refractivity contribution is 5.93. The fraction of sp³-hybridized carbons (Fsp3) is 0.625. The lowest BCUT2D eigenvalue weighted by Gasteiger charge is -2.46. The Morgan fingerprint density at radius 1 is 1.35 bits per heavy atom. The predicted molar refractivity (Wildman–Crippen MR) is 76.7 cm³/mol. The van der Waals surface area contributed by atoms with E-state index in [1.165, 1.54) is 0 Å². The first-order valence-corrected chi connectivity index (χ1v) is 7.40. The largest absolute Gasteiger partial charge is 0.380 e. The summed E-state index contributed by atoms with van der Waals surface area (Å²) in [4.78, 5) is 16.6.